The van der Waals surface area contributed by atoms with Crippen LogP contribution < -0.4 is 4.74 Å². The first-order chi connectivity index (χ1) is 23.9. The number of halogens is 6. The highest BCUT2D eigenvalue weighted by molar-refractivity contribution is 7.21. The first-order valence-corrected chi connectivity index (χ1v) is 17.3. The van der Waals surface area contributed by atoms with Crippen molar-refractivity contribution in [3.63, 3.8) is 0 Å². The van der Waals surface area contributed by atoms with Gasteiger partial charge < -0.3 is 19.3 Å². The lowest BCUT2D eigenvalue weighted by Gasteiger charge is -2.40. The summed E-state index contributed by atoms with van der Waals surface area (Å²) < 4.78 is 79.6. The number of hydrogen-bond acceptors (Lipinski definition) is 6. The van der Waals surface area contributed by atoms with Gasteiger partial charge in [0.25, 0.3) is 11.7 Å². The van der Waals surface area contributed by atoms with Gasteiger partial charge in [-0.1, -0.05) is 41.9 Å². The Labute approximate surface area is 300 Å². The maximum Gasteiger partial charge on any atom is 0.454 e. The number of ether oxygens (including phenoxy) is 2. The third kappa shape index (κ3) is 8.30. The van der Waals surface area contributed by atoms with E-state index in [0.29, 0.717) is 48.1 Å². The first-order valence-electron chi connectivity index (χ1n) is 16.1. The van der Waals surface area contributed by atoms with Gasteiger partial charge in [-0.25, -0.2) is 13.6 Å². The Hall–Kier alpha value is -4.23. The molecule has 0 atom stereocenters. The molecule has 0 radical (unpaired) electrons. The van der Waals surface area contributed by atoms with Crippen LogP contribution in [0.3, 0.4) is 0 Å². The molecule has 1 saturated carbocycles. The Balaban J connectivity index is 1.49. The number of benzene rings is 3. The molecule has 1 aromatic heterocycles. The van der Waals surface area contributed by atoms with Gasteiger partial charge in [0.2, 0.25) is 0 Å². The molecule has 0 N–H and O–H groups in total. The van der Waals surface area contributed by atoms with Crippen LogP contribution in [0.15, 0.2) is 54.6 Å². The van der Waals surface area contributed by atoms with Gasteiger partial charge in [-0.15, -0.1) is 11.3 Å². The summed E-state index contributed by atoms with van der Waals surface area (Å²) in [6.07, 6.45) is -3.44. The van der Waals surface area contributed by atoms with Crippen molar-refractivity contribution < 1.29 is 45.8 Å². The van der Waals surface area contributed by atoms with E-state index in [1.807, 2.05) is 0 Å². The van der Waals surface area contributed by atoms with Gasteiger partial charge >= 0.3 is 12.3 Å². The molecule has 51 heavy (non-hydrogen) atoms. The molecule has 1 aliphatic rings. The van der Waals surface area contributed by atoms with E-state index >= 15 is 0 Å². The Morgan fingerprint density at radius 2 is 1.47 bits per heavy atom. The molecule has 0 aliphatic heterocycles. The molecule has 1 heterocycles. The quantitative estimate of drug-likeness (QED) is 0.132. The fourth-order valence-corrected chi connectivity index (χ4v) is 7.72. The zero-order chi connectivity index (χ0) is 37.4. The second-order valence-corrected chi connectivity index (χ2v) is 14.8. The Morgan fingerprint density at radius 3 is 2.04 bits per heavy atom. The number of rotatable bonds is 8. The van der Waals surface area contributed by atoms with Crippen LogP contribution in [0.2, 0.25) is 5.02 Å². The molecule has 272 valence electrons. The van der Waals surface area contributed by atoms with Gasteiger partial charge in [0.15, 0.2) is 0 Å². The van der Waals surface area contributed by atoms with E-state index in [4.69, 9.17) is 21.1 Å². The fraction of sp³-hybridized carbons (Fsp3) is 0.378. The molecule has 0 saturated heterocycles. The van der Waals surface area contributed by atoms with Gasteiger partial charge in [-0.3, -0.25) is 9.59 Å². The number of amides is 2. The number of nitrogens with zero attached hydrogens (tertiary/aromatic N) is 2. The topological polar surface area (TPSA) is 76.2 Å². The predicted octanol–water partition coefficient (Wildman–Crippen LogP) is 10.1. The van der Waals surface area contributed by atoms with E-state index in [0.717, 1.165) is 35.6 Å². The number of alkyl halides is 3. The maximum atomic E-state index is 14.8. The smallest absolute Gasteiger partial charge is 0.454 e. The Morgan fingerprint density at radius 1 is 0.882 bits per heavy atom. The number of hydrogen-bond donors (Lipinski definition) is 0. The van der Waals surface area contributed by atoms with Crippen LogP contribution in [0.4, 0.5) is 26.7 Å². The highest BCUT2D eigenvalue weighted by Crippen LogP contribution is 2.41. The molecular formula is C37H36ClF5N2O5S. The van der Waals surface area contributed by atoms with E-state index in [1.54, 1.807) is 55.8 Å². The molecule has 0 spiro atoms. The van der Waals surface area contributed by atoms with Crippen LogP contribution >= 0.6 is 22.9 Å². The number of thiophene rings is 1. The van der Waals surface area contributed by atoms with Crippen LogP contribution in [0, 0.1) is 11.6 Å². The second-order valence-electron chi connectivity index (χ2n) is 13.4. The summed E-state index contributed by atoms with van der Waals surface area (Å²) in [5.74, 6) is -3.57. The van der Waals surface area contributed by atoms with Crippen LogP contribution in [-0.2, 0) is 11.3 Å². The summed E-state index contributed by atoms with van der Waals surface area (Å²) in [6, 6.07) is 11.5. The molecule has 5 rings (SSSR count). The highest BCUT2D eigenvalue weighted by Gasteiger charge is 2.39. The number of fused-ring (bicyclic) bond motifs is 1. The van der Waals surface area contributed by atoms with E-state index in [2.05, 4.69) is 0 Å². The number of methoxy groups -OCH3 is 1. The van der Waals surface area contributed by atoms with E-state index in [9.17, 15) is 36.3 Å². The fourth-order valence-electron chi connectivity index (χ4n) is 6.22. The number of ketones is 1. The third-order valence-electron chi connectivity index (χ3n) is 8.83. The lowest BCUT2D eigenvalue weighted by Crippen LogP contribution is -2.47. The summed E-state index contributed by atoms with van der Waals surface area (Å²) in [6.45, 7) is 5.32. The van der Waals surface area contributed by atoms with Gasteiger partial charge in [0, 0.05) is 36.8 Å². The van der Waals surface area contributed by atoms with Crippen molar-refractivity contribution in [1.82, 2.24) is 9.80 Å². The number of carbonyl (C=O) groups excluding carboxylic acids is 3. The van der Waals surface area contributed by atoms with Crippen molar-refractivity contribution in [3.05, 3.63) is 87.3 Å². The summed E-state index contributed by atoms with van der Waals surface area (Å²) in [4.78, 5) is 42.0. The van der Waals surface area contributed by atoms with Crippen molar-refractivity contribution in [2.45, 2.75) is 76.9 Å². The Kier molecular flexibility index (Phi) is 11.0. The second kappa shape index (κ2) is 14.8. The third-order valence-corrected chi connectivity index (χ3v) is 10.5. The SMILES string of the molecule is COc1ccc(-c2ccc(C(=O)C(F)(F)F)cc2)cc1CN(C(=O)c1sc2c(F)ccc(F)c2c1Cl)C1CCC(N(C)C(=O)OC(C)(C)C)CC1. The molecule has 1 aliphatic carbocycles. The van der Waals surface area contributed by atoms with Gasteiger partial charge in [-0.05, 0) is 81.8 Å². The average molecular weight is 751 g/mol. The molecule has 1 fully saturated rings. The highest BCUT2D eigenvalue weighted by atomic mass is 35.5. The van der Waals surface area contributed by atoms with Crippen molar-refractivity contribution in [2.24, 2.45) is 0 Å². The zero-order valence-corrected chi connectivity index (χ0v) is 30.1. The minimum Gasteiger partial charge on any atom is -0.496 e. The monoisotopic (exact) mass is 750 g/mol. The summed E-state index contributed by atoms with van der Waals surface area (Å²) in [5.41, 5.74) is 0.458. The van der Waals surface area contributed by atoms with Crippen LogP contribution in [-0.4, -0.2) is 65.6 Å². The predicted molar refractivity (Wildman–Crippen MR) is 185 cm³/mol. The van der Waals surface area contributed by atoms with Crippen molar-refractivity contribution in [3.8, 4) is 16.9 Å². The van der Waals surface area contributed by atoms with Crippen molar-refractivity contribution in [1.29, 1.82) is 0 Å². The largest absolute Gasteiger partial charge is 0.496 e. The van der Waals surface area contributed by atoms with E-state index in [1.165, 1.54) is 19.2 Å². The van der Waals surface area contributed by atoms with E-state index < -0.39 is 46.8 Å². The zero-order valence-electron chi connectivity index (χ0n) is 28.5. The van der Waals surface area contributed by atoms with Crippen LogP contribution in [0.5, 0.6) is 5.75 Å². The van der Waals surface area contributed by atoms with E-state index in [-0.39, 0.29) is 38.6 Å². The molecule has 7 nitrogen and oxygen atoms in total. The van der Waals surface area contributed by atoms with Gasteiger partial charge in [-0.2, -0.15) is 13.2 Å². The summed E-state index contributed by atoms with van der Waals surface area (Å²) in [5, 5.41) is -0.380. The summed E-state index contributed by atoms with van der Waals surface area (Å²) in [7, 11) is 3.12. The molecule has 0 bridgehead atoms. The minimum atomic E-state index is -5.01. The number of carbonyl (C=O) groups is 3. The minimum absolute atomic E-state index is 0.0206. The number of Topliss-reactive ketones (excluding diaryl/α,β-unsaturated/α-hetero) is 1. The molecule has 3 aromatic carbocycles. The van der Waals surface area contributed by atoms with Crippen molar-refractivity contribution in [2.75, 3.05) is 14.2 Å². The van der Waals surface area contributed by atoms with Gasteiger partial charge in [0.05, 0.1) is 22.2 Å². The lowest BCUT2D eigenvalue weighted by molar-refractivity contribution is -0.0885. The van der Waals surface area contributed by atoms with Crippen molar-refractivity contribution >= 4 is 50.8 Å². The maximum absolute atomic E-state index is 14.8. The Bertz CT molecular complexity index is 1950. The lowest BCUT2D eigenvalue weighted by atomic mass is 9.89. The molecule has 14 heteroatoms. The first kappa shape index (κ1) is 38.0. The molecular weight excluding hydrogens is 715 g/mol. The molecule has 2 amide bonds. The average Bonchev–Trinajstić information content (AvgIpc) is 3.45. The van der Waals surface area contributed by atoms with Crippen LogP contribution in [0.1, 0.15) is 72.0 Å². The molecule has 0 unspecified atom stereocenters. The standard InChI is InChI=1S/C37H36ClF5N2O5S/c1-36(2,3)50-35(48)44(4)24-11-13-25(14-12-24)45(34(47)32-30(38)29-26(39)15-16-27(40)31(29)51-32)19-23-18-22(10-17-28(23)49-5)20-6-8-21(9-7-20)33(46)37(41,42)43/h6-10,15-18,24-25H,11-14,19H2,1-5H3. The molecule has 4 aromatic rings. The normalized spacial score (nSPS) is 16.5. The summed E-state index contributed by atoms with van der Waals surface area (Å²) >= 11 is 7.33. The van der Waals surface area contributed by atoms with Crippen LogP contribution in [0.25, 0.3) is 21.2 Å². The van der Waals surface area contributed by atoms with Gasteiger partial charge in [0.1, 0.15) is 27.9 Å².